The van der Waals surface area contributed by atoms with Gasteiger partial charge in [0.2, 0.25) is 0 Å². The minimum absolute atomic E-state index is 0.198. The Morgan fingerprint density at radius 2 is 1.89 bits per heavy atom. The van der Waals surface area contributed by atoms with Crippen LogP contribution in [0, 0.1) is 5.92 Å². The van der Waals surface area contributed by atoms with Gasteiger partial charge >= 0.3 is 0 Å². The Balaban J connectivity index is 1.99. The molecular weight excluding hydrogens is 281 g/mol. The summed E-state index contributed by atoms with van der Waals surface area (Å²) >= 11 is 12.3. The summed E-state index contributed by atoms with van der Waals surface area (Å²) in [5, 5.41) is 5.13. The summed E-state index contributed by atoms with van der Waals surface area (Å²) in [5.41, 5.74) is 1.06. The fourth-order valence-corrected chi connectivity index (χ4v) is 3.14. The summed E-state index contributed by atoms with van der Waals surface area (Å²) in [7, 11) is 0. The van der Waals surface area contributed by atoms with Crippen molar-refractivity contribution in [2.75, 3.05) is 13.2 Å². The predicted octanol–water partition coefficient (Wildman–Crippen LogP) is 4.46. The number of hydrogen-bond acceptors (Lipinski definition) is 2. The molecule has 19 heavy (non-hydrogen) atoms. The monoisotopic (exact) mass is 301 g/mol. The molecule has 1 aromatic rings. The Kier molecular flexibility index (Phi) is 5.52. The lowest BCUT2D eigenvalue weighted by Crippen LogP contribution is -2.38. The lowest BCUT2D eigenvalue weighted by molar-refractivity contribution is 0.0547. The van der Waals surface area contributed by atoms with E-state index >= 15 is 0 Å². The van der Waals surface area contributed by atoms with Crippen LogP contribution in [0.25, 0.3) is 0 Å². The molecule has 2 unspecified atom stereocenters. The molecule has 106 valence electrons. The molecule has 1 N–H and O–H groups in total. The van der Waals surface area contributed by atoms with Gasteiger partial charge in [0.15, 0.2) is 0 Å². The normalized spacial score (nSPS) is 20.2. The predicted molar refractivity (Wildman–Crippen MR) is 81.0 cm³/mol. The van der Waals surface area contributed by atoms with E-state index in [-0.39, 0.29) is 6.04 Å². The van der Waals surface area contributed by atoms with Gasteiger partial charge in [-0.2, -0.15) is 0 Å². The van der Waals surface area contributed by atoms with Gasteiger partial charge in [0.1, 0.15) is 0 Å². The molecule has 4 heteroatoms. The maximum absolute atomic E-state index is 6.24. The van der Waals surface area contributed by atoms with Crippen LogP contribution in [-0.2, 0) is 4.74 Å². The van der Waals surface area contributed by atoms with Crippen molar-refractivity contribution in [1.29, 1.82) is 0 Å². The van der Waals surface area contributed by atoms with Crippen molar-refractivity contribution >= 4 is 23.2 Å². The van der Waals surface area contributed by atoms with Gasteiger partial charge in [0, 0.05) is 35.3 Å². The van der Waals surface area contributed by atoms with Crippen LogP contribution in [-0.4, -0.2) is 19.3 Å². The van der Waals surface area contributed by atoms with Gasteiger partial charge in [-0.05, 0) is 56.4 Å². The van der Waals surface area contributed by atoms with Gasteiger partial charge in [-0.25, -0.2) is 0 Å². The van der Waals surface area contributed by atoms with Crippen LogP contribution in [0.3, 0.4) is 0 Å². The third-order valence-corrected chi connectivity index (χ3v) is 4.49. The highest BCUT2D eigenvalue weighted by molar-refractivity contribution is 6.33. The SMILES string of the molecule is CC(NC(C)C1CCOCC1)c1cc(Cl)ccc1Cl. The van der Waals surface area contributed by atoms with Crippen molar-refractivity contribution in [2.45, 2.75) is 38.8 Å². The number of hydrogen-bond donors (Lipinski definition) is 1. The van der Waals surface area contributed by atoms with E-state index in [2.05, 4.69) is 19.2 Å². The smallest absolute Gasteiger partial charge is 0.0469 e. The van der Waals surface area contributed by atoms with Gasteiger partial charge < -0.3 is 10.1 Å². The molecule has 0 bridgehead atoms. The minimum atomic E-state index is 0.198. The van der Waals surface area contributed by atoms with Crippen LogP contribution < -0.4 is 5.32 Å². The van der Waals surface area contributed by atoms with Crippen molar-refractivity contribution < 1.29 is 4.74 Å². The van der Waals surface area contributed by atoms with E-state index in [1.54, 1.807) is 0 Å². The van der Waals surface area contributed by atoms with Crippen LogP contribution in [0.4, 0.5) is 0 Å². The van der Waals surface area contributed by atoms with E-state index in [4.69, 9.17) is 27.9 Å². The minimum Gasteiger partial charge on any atom is -0.381 e. The average molecular weight is 302 g/mol. The molecule has 0 aliphatic carbocycles. The fourth-order valence-electron chi connectivity index (χ4n) is 2.68. The zero-order chi connectivity index (χ0) is 13.8. The molecule has 0 spiro atoms. The molecule has 1 aliphatic heterocycles. The Morgan fingerprint density at radius 3 is 2.58 bits per heavy atom. The Morgan fingerprint density at radius 1 is 1.21 bits per heavy atom. The highest BCUT2D eigenvalue weighted by atomic mass is 35.5. The topological polar surface area (TPSA) is 21.3 Å². The quantitative estimate of drug-likeness (QED) is 0.886. The van der Waals surface area contributed by atoms with Crippen molar-refractivity contribution in [3.63, 3.8) is 0 Å². The first kappa shape index (κ1) is 15.1. The second-order valence-electron chi connectivity index (χ2n) is 5.29. The Labute approximate surface area is 125 Å². The highest BCUT2D eigenvalue weighted by Crippen LogP contribution is 2.28. The lowest BCUT2D eigenvalue weighted by atomic mass is 9.92. The first-order valence-corrected chi connectivity index (χ1v) is 7.62. The number of halogens is 2. The summed E-state index contributed by atoms with van der Waals surface area (Å²) in [6.45, 7) is 6.13. The van der Waals surface area contributed by atoms with E-state index in [0.717, 1.165) is 41.7 Å². The molecule has 2 rings (SSSR count). The largest absolute Gasteiger partial charge is 0.381 e. The van der Waals surface area contributed by atoms with E-state index in [9.17, 15) is 0 Å². The number of nitrogens with one attached hydrogen (secondary N) is 1. The van der Waals surface area contributed by atoms with Crippen molar-refractivity contribution in [2.24, 2.45) is 5.92 Å². The molecule has 2 atom stereocenters. The zero-order valence-corrected chi connectivity index (χ0v) is 13.0. The summed E-state index contributed by atoms with van der Waals surface area (Å²) in [6, 6.07) is 6.27. The van der Waals surface area contributed by atoms with Crippen molar-refractivity contribution in [3.8, 4) is 0 Å². The zero-order valence-electron chi connectivity index (χ0n) is 11.5. The fraction of sp³-hybridized carbons (Fsp3) is 0.600. The van der Waals surface area contributed by atoms with Gasteiger partial charge in [-0.1, -0.05) is 23.2 Å². The number of rotatable bonds is 4. The average Bonchev–Trinajstić information content (AvgIpc) is 2.42. The van der Waals surface area contributed by atoms with E-state index in [0.29, 0.717) is 12.0 Å². The lowest BCUT2D eigenvalue weighted by Gasteiger charge is -2.31. The maximum atomic E-state index is 6.24. The third-order valence-electron chi connectivity index (χ3n) is 3.91. The van der Waals surface area contributed by atoms with E-state index < -0.39 is 0 Å². The second kappa shape index (κ2) is 6.94. The third kappa shape index (κ3) is 4.09. The molecule has 1 heterocycles. The first-order valence-electron chi connectivity index (χ1n) is 6.86. The summed E-state index contributed by atoms with van der Waals surface area (Å²) in [4.78, 5) is 0. The van der Waals surface area contributed by atoms with Crippen molar-refractivity contribution in [3.05, 3.63) is 33.8 Å². The van der Waals surface area contributed by atoms with Crippen LogP contribution in [0.5, 0.6) is 0 Å². The van der Waals surface area contributed by atoms with Crippen molar-refractivity contribution in [1.82, 2.24) is 5.32 Å². The van der Waals surface area contributed by atoms with Gasteiger partial charge in [-0.3, -0.25) is 0 Å². The molecule has 0 saturated carbocycles. The molecule has 0 radical (unpaired) electrons. The summed E-state index contributed by atoms with van der Waals surface area (Å²) in [6.07, 6.45) is 2.26. The van der Waals surface area contributed by atoms with Gasteiger partial charge in [0.05, 0.1) is 0 Å². The summed E-state index contributed by atoms with van der Waals surface area (Å²) < 4.78 is 5.41. The molecule has 1 aliphatic rings. The summed E-state index contributed by atoms with van der Waals surface area (Å²) in [5.74, 6) is 0.675. The highest BCUT2D eigenvalue weighted by Gasteiger charge is 2.22. The number of benzene rings is 1. The van der Waals surface area contributed by atoms with Gasteiger partial charge in [-0.15, -0.1) is 0 Å². The molecule has 1 aromatic carbocycles. The van der Waals surface area contributed by atoms with E-state index in [1.165, 1.54) is 0 Å². The molecule has 2 nitrogen and oxygen atoms in total. The molecule has 1 fully saturated rings. The molecule has 1 saturated heterocycles. The second-order valence-corrected chi connectivity index (χ2v) is 6.14. The maximum Gasteiger partial charge on any atom is 0.0469 e. The molecule has 0 amide bonds. The Hall–Kier alpha value is -0.280. The van der Waals surface area contributed by atoms with Crippen LogP contribution in [0.15, 0.2) is 18.2 Å². The first-order chi connectivity index (χ1) is 9.08. The number of ether oxygens (including phenoxy) is 1. The standard InChI is InChI=1S/C15H21Cl2NO/c1-10(12-5-7-19-8-6-12)18-11(2)14-9-13(16)3-4-15(14)17/h3-4,9-12,18H,5-8H2,1-2H3. The molecular formula is C15H21Cl2NO. The van der Waals surface area contributed by atoms with E-state index in [1.807, 2.05) is 18.2 Å². The van der Waals surface area contributed by atoms with Gasteiger partial charge in [0.25, 0.3) is 0 Å². The van der Waals surface area contributed by atoms with Crippen LogP contribution >= 0.6 is 23.2 Å². The van der Waals surface area contributed by atoms with Crippen LogP contribution in [0.2, 0.25) is 10.0 Å². The van der Waals surface area contributed by atoms with Crippen LogP contribution in [0.1, 0.15) is 38.3 Å². The molecule has 0 aromatic heterocycles. The Bertz CT molecular complexity index is 419.